The third kappa shape index (κ3) is 3.02. The molecule has 1 aromatic rings. The monoisotopic (exact) mass is 201 g/mol. The number of unbranched alkanes of at least 4 members (excludes halogenated alkanes) is 1. The van der Waals surface area contributed by atoms with Crippen molar-refractivity contribution in [1.82, 2.24) is 15.2 Å². The Morgan fingerprint density at radius 1 is 1.46 bits per heavy atom. The van der Waals surface area contributed by atoms with Crippen LogP contribution < -0.4 is 11.1 Å². The quantitative estimate of drug-likeness (QED) is 0.719. The Morgan fingerprint density at radius 3 is 2.85 bits per heavy atom. The van der Waals surface area contributed by atoms with E-state index in [4.69, 9.17) is 17.3 Å². The highest BCUT2D eigenvalue weighted by Gasteiger charge is 2.01. The zero-order valence-corrected chi connectivity index (χ0v) is 8.17. The maximum atomic E-state index is 5.55. The van der Waals surface area contributed by atoms with Gasteiger partial charge in [0.15, 0.2) is 11.0 Å². The fourth-order valence-electron chi connectivity index (χ4n) is 0.777. The molecule has 13 heavy (non-hydrogen) atoms. The summed E-state index contributed by atoms with van der Waals surface area (Å²) in [6.45, 7) is 2.93. The first kappa shape index (κ1) is 9.98. The largest absolute Gasteiger partial charge is 0.381 e. The van der Waals surface area contributed by atoms with Gasteiger partial charge in [-0.15, -0.1) is 10.2 Å². The molecule has 1 heterocycles. The lowest BCUT2D eigenvalue weighted by atomic mass is 10.3. The van der Waals surface area contributed by atoms with Crippen LogP contribution in [0.15, 0.2) is 0 Å². The second-order valence-electron chi connectivity index (χ2n) is 2.59. The van der Waals surface area contributed by atoms with Crippen molar-refractivity contribution in [2.24, 2.45) is 0 Å². The van der Waals surface area contributed by atoms with Crippen molar-refractivity contribution in [1.29, 1.82) is 0 Å². The van der Waals surface area contributed by atoms with Crippen LogP contribution in [0.5, 0.6) is 0 Å². The van der Waals surface area contributed by atoms with Gasteiger partial charge in [0, 0.05) is 6.54 Å². The van der Waals surface area contributed by atoms with E-state index in [-0.39, 0.29) is 11.0 Å². The first-order valence-corrected chi connectivity index (χ1v) is 4.51. The van der Waals surface area contributed by atoms with Crippen molar-refractivity contribution in [3.05, 3.63) is 5.15 Å². The predicted octanol–water partition coefficient (Wildman–Crippen LogP) is 1.32. The van der Waals surface area contributed by atoms with E-state index >= 15 is 0 Å². The summed E-state index contributed by atoms with van der Waals surface area (Å²) in [4.78, 5) is 3.91. The lowest BCUT2D eigenvalue weighted by Crippen LogP contribution is -2.08. The van der Waals surface area contributed by atoms with E-state index in [1.165, 1.54) is 0 Å². The Hall–Kier alpha value is -1.10. The molecule has 0 spiro atoms. The van der Waals surface area contributed by atoms with Gasteiger partial charge in [-0.05, 0) is 6.42 Å². The van der Waals surface area contributed by atoms with Crippen molar-refractivity contribution in [3.8, 4) is 0 Å². The molecule has 6 heteroatoms. The van der Waals surface area contributed by atoms with E-state index in [1.807, 2.05) is 0 Å². The van der Waals surface area contributed by atoms with Gasteiger partial charge in [0.1, 0.15) is 0 Å². The number of hydrogen-bond donors (Lipinski definition) is 2. The lowest BCUT2D eigenvalue weighted by molar-refractivity contribution is 0.820. The van der Waals surface area contributed by atoms with Crippen molar-refractivity contribution in [3.63, 3.8) is 0 Å². The van der Waals surface area contributed by atoms with Gasteiger partial charge in [-0.2, -0.15) is 4.98 Å². The fourth-order valence-corrected chi connectivity index (χ4v) is 0.857. The van der Waals surface area contributed by atoms with Gasteiger partial charge in [0.05, 0.1) is 0 Å². The molecule has 5 nitrogen and oxygen atoms in total. The number of halogens is 1. The van der Waals surface area contributed by atoms with Crippen LogP contribution in [0.4, 0.5) is 11.8 Å². The van der Waals surface area contributed by atoms with E-state index in [2.05, 4.69) is 27.4 Å². The molecule has 0 radical (unpaired) electrons. The van der Waals surface area contributed by atoms with Gasteiger partial charge in [0.2, 0.25) is 5.95 Å². The molecular weight excluding hydrogens is 190 g/mol. The summed E-state index contributed by atoms with van der Waals surface area (Å²) in [7, 11) is 0. The summed E-state index contributed by atoms with van der Waals surface area (Å²) < 4.78 is 0. The first-order chi connectivity index (χ1) is 6.24. The number of nitrogen functional groups attached to an aromatic ring is 1. The number of nitrogens with zero attached hydrogens (tertiary/aromatic N) is 3. The van der Waals surface area contributed by atoms with Crippen LogP contribution in [0.3, 0.4) is 0 Å². The molecule has 72 valence electrons. The number of hydrogen-bond acceptors (Lipinski definition) is 5. The Kier molecular flexibility index (Phi) is 3.70. The summed E-state index contributed by atoms with van der Waals surface area (Å²) >= 11 is 5.55. The lowest BCUT2D eigenvalue weighted by Gasteiger charge is -2.02. The van der Waals surface area contributed by atoms with Crippen LogP contribution in [0.2, 0.25) is 5.15 Å². The fraction of sp³-hybridized carbons (Fsp3) is 0.571. The summed E-state index contributed by atoms with van der Waals surface area (Å²) in [5, 5.41) is 10.5. The van der Waals surface area contributed by atoms with Crippen LogP contribution in [0, 0.1) is 0 Å². The second-order valence-corrected chi connectivity index (χ2v) is 2.95. The highest BCUT2D eigenvalue weighted by molar-refractivity contribution is 6.31. The number of aromatic nitrogens is 3. The molecule has 0 aromatic carbocycles. The number of anilines is 2. The summed E-state index contributed by atoms with van der Waals surface area (Å²) in [5.41, 5.74) is 5.44. The molecule has 1 rings (SSSR count). The zero-order chi connectivity index (χ0) is 9.68. The van der Waals surface area contributed by atoms with Gasteiger partial charge in [-0.3, -0.25) is 0 Å². The third-order valence-corrected chi connectivity index (χ3v) is 1.75. The van der Waals surface area contributed by atoms with Gasteiger partial charge in [-0.25, -0.2) is 0 Å². The van der Waals surface area contributed by atoms with E-state index in [1.54, 1.807) is 0 Å². The molecule has 0 aliphatic carbocycles. The Balaban J connectivity index is 2.53. The van der Waals surface area contributed by atoms with Crippen molar-refractivity contribution < 1.29 is 0 Å². The zero-order valence-electron chi connectivity index (χ0n) is 7.42. The SMILES string of the molecule is CCCCNc1nnc(Cl)c(N)n1. The Labute approximate surface area is 81.7 Å². The van der Waals surface area contributed by atoms with Crippen molar-refractivity contribution >= 4 is 23.4 Å². The normalized spacial score (nSPS) is 10.0. The summed E-state index contributed by atoms with van der Waals surface area (Å²) in [6, 6.07) is 0. The van der Waals surface area contributed by atoms with Crippen LogP contribution in [-0.4, -0.2) is 21.7 Å². The third-order valence-electron chi connectivity index (χ3n) is 1.48. The predicted molar refractivity (Wildman–Crippen MR) is 52.6 cm³/mol. The van der Waals surface area contributed by atoms with Crippen LogP contribution in [-0.2, 0) is 0 Å². The molecule has 1 aromatic heterocycles. The van der Waals surface area contributed by atoms with E-state index in [0.717, 1.165) is 19.4 Å². The van der Waals surface area contributed by atoms with Gasteiger partial charge in [0.25, 0.3) is 0 Å². The second kappa shape index (κ2) is 4.81. The smallest absolute Gasteiger partial charge is 0.244 e. The van der Waals surface area contributed by atoms with Crippen LogP contribution in [0.1, 0.15) is 19.8 Å². The molecule has 0 bridgehead atoms. The first-order valence-electron chi connectivity index (χ1n) is 4.13. The number of nitrogens with two attached hydrogens (primary N) is 1. The molecular formula is C7H12ClN5. The minimum Gasteiger partial charge on any atom is -0.381 e. The molecule has 0 aliphatic rings. The number of nitrogens with one attached hydrogen (secondary N) is 1. The molecule has 0 amide bonds. The van der Waals surface area contributed by atoms with Gasteiger partial charge >= 0.3 is 0 Å². The maximum absolute atomic E-state index is 5.55. The average Bonchev–Trinajstić information content (AvgIpc) is 2.12. The van der Waals surface area contributed by atoms with E-state index in [0.29, 0.717) is 5.95 Å². The van der Waals surface area contributed by atoms with Crippen molar-refractivity contribution in [2.75, 3.05) is 17.6 Å². The van der Waals surface area contributed by atoms with Crippen LogP contribution >= 0.6 is 11.6 Å². The summed E-state index contributed by atoms with van der Waals surface area (Å²) in [5.74, 6) is 0.631. The molecule has 0 fully saturated rings. The van der Waals surface area contributed by atoms with Gasteiger partial charge < -0.3 is 11.1 Å². The topological polar surface area (TPSA) is 76.7 Å². The molecule has 3 N–H and O–H groups in total. The Bertz CT molecular complexity index is 278. The van der Waals surface area contributed by atoms with E-state index in [9.17, 15) is 0 Å². The maximum Gasteiger partial charge on any atom is 0.244 e. The molecule has 0 saturated carbocycles. The Morgan fingerprint density at radius 2 is 2.23 bits per heavy atom. The van der Waals surface area contributed by atoms with Crippen LogP contribution in [0.25, 0.3) is 0 Å². The van der Waals surface area contributed by atoms with Gasteiger partial charge in [-0.1, -0.05) is 24.9 Å². The highest BCUT2D eigenvalue weighted by atomic mass is 35.5. The minimum atomic E-state index is 0.140. The van der Waals surface area contributed by atoms with E-state index < -0.39 is 0 Å². The van der Waals surface area contributed by atoms with Crippen molar-refractivity contribution in [2.45, 2.75) is 19.8 Å². The molecule has 0 unspecified atom stereocenters. The standard InChI is InChI=1S/C7H12ClN5/c1-2-3-4-10-7-11-6(9)5(8)12-13-7/h2-4H2,1H3,(H3,9,10,11,13). The minimum absolute atomic E-state index is 0.140. The summed E-state index contributed by atoms with van der Waals surface area (Å²) in [6.07, 6.45) is 2.18. The highest BCUT2D eigenvalue weighted by Crippen LogP contribution is 2.11. The molecule has 0 aliphatic heterocycles. The number of rotatable bonds is 4. The molecule has 0 atom stereocenters. The molecule has 0 saturated heterocycles. The average molecular weight is 202 g/mol.